The molecule has 3 aromatic rings. The first kappa shape index (κ1) is 21.6. The van der Waals surface area contributed by atoms with Crippen LogP contribution in [0.1, 0.15) is 58.3 Å². The molecule has 33 heavy (non-hydrogen) atoms. The van der Waals surface area contributed by atoms with Gasteiger partial charge in [0.2, 0.25) is 0 Å². The molecule has 2 aromatic heterocycles. The van der Waals surface area contributed by atoms with Crippen molar-refractivity contribution in [2.24, 2.45) is 0 Å². The van der Waals surface area contributed by atoms with Crippen LogP contribution in [-0.2, 0) is 12.8 Å². The average Bonchev–Trinajstić information content (AvgIpc) is 2.88. The van der Waals surface area contributed by atoms with Crippen molar-refractivity contribution in [2.45, 2.75) is 44.9 Å². The molecule has 5 rings (SSSR count). The number of aryl methyl sites for hydroxylation is 1. The molecule has 4 heterocycles. The molecule has 1 fully saturated rings. The predicted octanol–water partition coefficient (Wildman–Crippen LogP) is 4.20. The van der Waals surface area contributed by atoms with Crippen LogP contribution in [-0.4, -0.2) is 51.9 Å². The molecule has 0 aliphatic carbocycles. The Kier molecular flexibility index (Phi) is 6.33. The van der Waals surface area contributed by atoms with E-state index in [1.807, 2.05) is 53.6 Å². The summed E-state index contributed by atoms with van der Waals surface area (Å²) in [7, 11) is 0. The van der Waals surface area contributed by atoms with E-state index in [2.05, 4.69) is 22.9 Å². The molecule has 1 atom stereocenters. The second kappa shape index (κ2) is 9.69. The molecule has 0 unspecified atom stereocenters. The maximum atomic E-state index is 13.0. The van der Waals surface area contributed by atoms with Crippen LogP contribution in [0.15, 0.2) is 54.7 Å². The first-order valence-electron chi connectivity index (χ1n) is 12.1. The normalized spacial score (nSPS) is 18.2. The zero-order valence-corrected chi connectivity index (χ0v) is 19.3. The van der Waals surface area contributed by atoms with E-state index in [0.29, 0.717) is 6.54 Å². The van der Waals surface area contributed by atoms with Gasteiger partial charge in [0.05, 0.1) is 0 Å². The number of hydrogen-bond donors (Lipinski definition) is 0. The van der Waals surface area contributed by atoms with E-state index in [0.717, 1.165) is 80.3 Å². The first-order chi connectivity index (χ1) is 16.2. The van der Waals surface area contributed by atoms with Crippen LogP contribution in [0.5, 0.6) is 0 Å². The van der Waals surface area contributed by atoms with Crippen molar-refractivity contribution in [3.63, 3.8) is 0 Å². The molecule has 0 bridgehead atoms. The average molecular weight is 442 g/mol. The van der Waals surface area contributed by atoms with E-state index in [9.17, 15) is 4.79 Å². The lowest BCUT2D eigenvalue weighted by Crippen LogP contribution is -2.40. The minimum atomic E-state index is 0.104. The highest BCUT2D eigenvalue weighted by Crippen LogP contribution is 2.32. The fourth-order valence-electron chi connectivity index (χ4n) is 5.04. The SMILES string of the molecule is Cc1nc([C@@H]2CCCN(C(=O)c3ccccc3)C2)nc2c1CCCN2CCc1ccccn1. The van der Waals surface area contributed by atoms with E-state index in [1.165, 1.54) is 5.56 Å². The highest BCUT2D eigenvalue weighted by Gasteiger charge is 2.29. The van der Waals surface area contributed by atoms with E-state index >= 15 is 0 Å². The Morgan fingerprint density at radius 1 is 1.03 bits per heavy atom. The topological polar surface area (TPSA) is 62.2 Å². The molecule has 1 saturated heterocycles. The van der Waals surface area contributed by atoms with Crippen LogP contribution < -0.4 is 4.90 Å². The number of hydrogen-bond acceptors (Lipinski definition) is 5. The van der Waals surface area contributed by atoms with Gasteiger partial charge in [0.15, 0.2) is 0 Å². The molecular weight excluding hydrogens is 410 g/mol. The molecule has 0 saturated carbocycles. The molecule has 1 amide bonds. The molecule has 0 radical (unpaired) electrons. The number of nitrogens with zero attached hydrogens (tertiary/aromatic N) is 5. The van der Waals surface area contributed by atoms with E-state index in [1.54, 1.807) is 0 Å². The second-order valence-electron chi connectivity index (χ2n) is 9.09. The van der Waals surface area contributed by atoms with Gasteiger partial charge < -0.3 is 9.80 Å². The summed E-state index contributed by atoms with van der Waals surface area (Å²) >= 11 is 0. The molecule has 0 N–H and O–H groups in total. The zero-order chi connectivity index (χ0) is 22.6. The predicted molar refractivity (Wildman–Crippen MR) is 130 cm³/mol. The van der Waals surface area contributed by atoms with Crippen molar-refractivity contribution in [2.75, 3.05) is 31.1 Å². The number of likely N-dealkylation sites (tertiary alicyclic amines) is 1. The number of piperidine rings is 1. The number of aromatic nitrogens is 3. The third-order valence-corrected chi connectivity index (χ3v) is 6.82. The van der Waals surface area contributed by atoms with Gasteiger partial charge in [-0.1, -0.05) is 24.3 Å². The van der Waals surface area contributed by atoms with Crippen molar-refractivity contribution < 1.29 is 4.79 Å². The van der Waals surface area contributed by atoms with Gasteiger partial charge in [-0.25, -0.2) is 9.97 Å². The standard InChI is InChI=1S/C27H31N5O/c1-20-24-13-8-16-31(18-14-23-12-5-6-15-28-23)26(24)30-25(29-20)22-11-7-17-32(19-22)27(33)21-9-3-2-4-10-21/h2-6,9-10,12,15,22H,7-8,11,13-14,16-19H2,1H3/t22-/m1/s1. The summed E-state index contributed by atoms with van der Waals surface area (Å²) in [5.41, 5.74) is 4.22. The molecule has 2 aliphatic rings. The maximum Gasteiger partial charge on any atom is 0.253 e. The lowest BCUT2D eigenvalue weighted by atomic mass is 9.95. The van der Waals surface area contributed by atoms with E-state index in [4.69, 9.17) is 9.97 Å². The van der Waals surface area contributed by atoms with Crippen LogP contribution in [0, 0.1) is 6.92 Å². The zero-order valence-electron chi connectivity index (χ0n) is 19.3. The number of amides is 1. The molecule has 2 aliphatic heterocycles. The van der Waals surface area contributed by atoms with Crippen LogP contribution >= 0.6 is 0 Å². The quantitative estimate of drug-likeness (QED) is 0.594. The van der Waals surface area contributed by atoms with Gasteiger partial charge in [-0.05, 0) is 56.9 Å². The van der Waals surface area contributed by atoms with Crippen LogP contribution in [0.4, 0.5) is 5.82 Å². The van der Waals surface area contributed by atoms with Gasteiger partial charge in [0.1, 0.15) is 11.6 Å². The van der Waals surface area contributed by atoms with Gasteiger partial charge >= 0.3 is 0 Å². The number of carbonyl (C=O) groups is 1. The number of rotatable bonds is 5. The highest BCUT2D eigenvalue weighted by molar-refractivity contribution is 5.94. The Labute approximate surface area is 195 Å². The monoisotopic (exact) mass is 441 g/mol. The van der Waals surface area contributed by atoms with Crippen molar-refractivity contribution in [1.29, 1.82) is 0 Å². The van der Waals surface area contributed by atoms with Crippen molar-refractivity contribution in [3.05, 3.63) is 83.1 Å². The number of pyridine rings is 1. The van der Waals surface area contributed by atoms with Crippen molar-refractivity contribution >= 4 is 11.7 Å². The largest absolute Gasteiger partial charge is 0.356 e. The second-order valence-corrected chi connectivity index (χ2v) is 9.09. The molecule has 0 spiro atoms. The van der Waals surface area contributed by atoms with Crippen LogP contribution in [0.2, 0.25) is 0 Å². The van der Waals surface area contributed by atoms with Gasteiger partial charge in [-0.15, -0.1) is 0 Å². The summed E-state index contributed by atoms with van der Waals surface area (Å²) in [5, 5.41) is 0. The number of anilines is 1. The Balaban J connectivity index is 1.35. The van der Waals surface area contributed by atoms with Gasteiger partial charge in [-0.3, -0.25) is 9.78 Å². The third-order valence-electron chi connectivity index (χ3n) is 6.82. The Bertz CT molecular complexity index is 1100. The molecule has 170 valence electrons. The number of carbonyl (C=O) groups excluding carboxylic acids is 1. The lowest BCUT2D eigenvalue weighted by molar-refractivity contribution is 0.0704. The summed E-state index contributed by atoms with van der Waals surface area (Å²) in [6.45, 7) is 5.51. The Morgan fingerprint density at radius 3 is 2.70 bits per heavy atom. The van der Waals surface area contributed by atoms with Crippen LogP contribution in [0.25, 0.3) is 0 Å². The number of benzene rings is 1. The minimum absolute atomic E-state index is 0.104. The molecule has 6 heteroatoms. The van der Waals surface area contributed by atoms with Gasteiger partial charge in [0.25, 0.3) is 5.91 Å². The van der Waals surface area contributed by atoms with E-state index in [-0.39, 0.29) is 11.8 Å². The molecular formula is C27H31N5O. The minimum Gasteiger partial charge on any atom is -0.356 e. The highest BCUT2D eigenvalue weighted by atomic mass is 16.2. The van der Waals surface area contributed by atoms with E-state index < -0.39 is 0 Å². The van der Waals surface area contributed by atoms with Crippen LogP contribution in [0.3, 0.4) is 0 Å². The Morgan fingerprint density at radius 2 is 1.88 bits per heavy atom. The van der Waals surface area contributed by atoms with Crippen molar-refractivity contribution in [3.8, 4) is 0 Å². The summed E-state index contributed by atoms with van der Waals surface area (Å²) in [4.78, 5) is 31.9. The fraction of sp³-hybridized carbons (Fsp3) is 0.407. The smallest absolute Gasteiger partial charge is 0.253 e. The maximum absolute atomic E-state index is 13.0. The summed E-state index contributed by atoms with van der Waals surface area (Å²) < 4.78 is 0. The third kappa shape index (κ3) is 4.75. The Hall–Kier alpha value is -3.28. The van der Waals surface area contributed by atoms with Gasteiger partial charge in [-0.2, -0.15) is 0 Å². The fourth-order valence-corrected chi connectivity index (χ4v) is 5.04. The lowest BCUT2D eigenvalue weighted by Gasteiger charge is -2.34. The van der Waals surface area contributed by atoms with Gasteiger partial charge in [0, 0.05) is 67.2 Å². The summed E-state index contributed by atoms with van der Waals surface area (Å²) in [6.07, 6.45) is 6.92. The summed E-state index contributed by atoms with van der Waals surface area (Å²) in [6, 6.07) is 15.7. The number of fused-ring (bicyclic) bond motifs is 1. The summed E-state index contributed by atoms with van der Waals surface area (Å²) in [5.74, 6) is 2.26. The molecule has 1 aromatic carbocycles. The van der Waals surface area contributed by atoms with Crippen molar-refractivity contribution in [1.82, 2.24) is 19.9 Å². The molecule has 6 nitrogen and oxygen atoms in total. The first-order valence-corrected chi connectivity index (χ1v) is 12.1.